The van der Waals surface area contributed by atoms with Crippen molar-refractivity contribution < 1.29 is 9.18 Å². The van der Waals surface area contributed by atoms with Gasteiger partial charge in [0.25, 0.3) is 0 Å². The highest BCUT2D eigenvalue weighted by molar-refractivity contribution is 7.19. The molecule has 4 heterocycles. The zero-order chi connectivity index (χ0) is 19.7. The van der Waals surface area contributed by atoms with E-state index in [1.165, 1.54) is 28.9 Å². The summed E-state index contributed by atoms with van der Waals surface area (Å²) >= 11 is 2.94. The van der Waals surface area contributed by atoms with E-state index in [-0.39, 0.29) is 6.42 Å². The third-order valence-electron chi connectivity index (χ3n) is 4.21. The Morgan fingerprint density at radius 1 is 1.46 bits per heavy atom. The van der Waals surface area contributed by atoms with Gasteiger partial charge in [0.2, 0.25) is 0 Å². The highest BCUT2D eigenvalue weighted by atomic mass is 32.1. The Morgan fingerprint density at radius 2 is 2.32 bits per heavy atom. The highest BCUT2D eigenvalue weighted by Crippen LogP contribution is 2.30. The summed E-state index contributed by atoms with van der Waals surface area (Å²) in [6, 6.07) is 0. The van der Waals surface area contributed by atoms with E-state index >= 15 is 0 Å². The van der Waals surface area contributed by atoms with Crippen LogP contribution in [0.1, 0.15) is 32.4 Å². The molecule has 0 saturated heterocycles. The number of rotatable bonds is 7. The number of hydrogen-bond donors (Lipinski definition) is 1. The number of aryl methyl sites for hydroxylation is 1. The molecule has 11 heteroatoms. The monoisotopic (exact) mass is 417 g/mol. The van der Waals surface area contributed by atoms with E-state index < -0.39 is 5.82 Å². The van der Waals surface area contributed by atoms with E-state index in [0.29, 0.717) is 29.1 Å². The van der Waals surface area contributed by atoms with E-state index in [1.54, 1.807) is 28.3 Å². The number of carbonyl (C=O) groups is 1. The van der Waals surface area contributed by atoms with Gasteiger partial charge in [0, 0.05) is 31.5 Å². The van der Waals surface area contributed by atoms with Gasteiger partial charge in [0.15, 0.2) is 17.8 Å². The molecule has 0 amide bonds. The first-order valence-electron chi connectivity index (χ1n) is 8.30. The van der Waals surface area contributed by atoms with Gasteiger partial charge in [0.05, 0.1) is 40.6 Å². The first-order chi connectivity index (χ1) is 13.6. The summed E-state index contributed by atoms with van der Waals surface area (Å²) in [6.45, 7) is 0.568. The van der Waals surface area contributed by atoms with Crippen molar-refractivity contribution in [1.82, 2.24) is 29.7 Å². The summed E-state index contributed by atoms with van der Waals surface area (Å²) in [6.07, 6.45) is 3.95. The van der Waals surface area contributed by atoms with Gasteiger partial charge >= 0.3 is 0 Å². The van der Waals surface area contributed by atoms with Crippen LogP contribution in [-0.2, 0) is 20.0 Å². The number of H-pyrrole nitrogens is 1. The Labute approximate surface area is 167 Å². The van der Waals surface area contributed by atoms with Crippen LogP contribution in [0.3, 0.4) is 0 Å². The molecule has 144 valence electrons. The van der Waals surface area contributed by atoms with Crippen LogP contribution < -0.4 is 0 Å². The fourth-order valence-electron chi connectivity index (χ4n) is 2.83. The summed E-state index contributed by atoms with van der Waals surface area (Å²) in [5, 5.41) is 15.3. The number of thiazole rings is 2. The summed E-state index contributed by atoms with van der Waals surface area (Å²) in [7, 11) is 3.62. The zero-order valence-electron chi connectivity index (χ0n) is 15.1. The minimum Gasteiger partial charge on any atom is -0.325 e. The van der Waals surface area contributed by atoms with Gasteiger partial charge in [-0.3, -0.25) is 14.9 Å². The second-order valence-corrected chi connectivity index (χ2v) is 7.94. The summed E-state index contributed by atoms with van der Waals surface area (Å²) in [4.78, 5) is 20.4. The van der Waals surface area contributed by atoms with E-state index in [9.17, 15) is 9.18 Å². The lowest BCUT2D eigenvalue weighted by molar-refractivity contribution is 0.111. The van der Waals surface area contributed by atoms with Gasteiger partial charge in [-0.1, -0.05) is 0 Å². The number of aromatic nitrogens is 5. The van der Waals surface area contributed by atoms with Gasteiger partial charge in [-0.25, -0.2) is 14.4 Å². The SMILES string of the molecule is CN(Cc1cscn1)/N=C\c1c(C=O)n(C)c2nc(Cc3n[nH]cc3F)sc12. The smallest absolute Gasteiger partial charge is 0.167 e. The van der Waals surface area contributed by atoms with Crippen LogP contribution in [0.5, 0.6) is 0 Å². The molecule has 0 aliphatic carbocycles. The molecule has 8 nitrogen and oxygen atoms in total. The lowest BCUT2D eigenvalue weighted by Gasteiger charge is -2.10. The van der Waals surface area contributed by atoms with E-state index in [4.69, 9.17) is 0 Å². The van der Waals surface area contributed by atoms with Gasteiger partial charge in [0.1, 0.15) is 10.7 Å². The Balaban J connectivity index is 1.65. The summed E-state index contributed by atoms with van der Waals surface area (Å²) in [5.74, 6) is -0.390. The molecule has 4 rings (SSSR count). The third-order valence-corrected chi connectivity index (χ3v) is 5.92. The number of carbonyl (C=O) groups excluding carboxylic acids is 1. The van der Waals surface area contributed by atoms with Crippen LogP contribution in [0, 0.1) is 5.82 Å². The van der Waals surface area contributed by atoms with Crippen molar-refractivity contribution >= 4 is 45.5 Å². The zero-order valence-corrected chi connectivity index (χ0v) is 16.7. The molecule has 0 atom stereocenters. The molecular weight excluding hydrogens is 401 g/mol. The minimum atomic E-state index is -0.390. The summed E-state index contributed by atoms with van der Waals surface area (Å²) in [5.41, 5.74) is 4.88. The first kappa shape index (κ1) is 18.4. The van der Waals surface area contributed by atoms with Crippen LogP contribution in [0.2, 0.25) is 0 Å². The van der Waals surface area contributed by atoms with Crippen LogP contribution in [0.15, 0.2) is 22.2 Å². The molecule has 0 fully saturated rings. The predicted molar refractivity (Wildman–Crippen MR) is 107 cm³/mol. The standard InChI is InChI=1S/C17H16FN7OS2/c1-24(6-10-8-27-9-19-10)21-4-11-14(7-26)25(2)17-16(11)28-15(22-17)3-13-12(18)5-20-23-13/h4-5,7-9H,3,6H2,1-2H3,(H,20,23)/b21-4-. The van der Waals surface area contributed by atoms with Crippen LogP contribution in [0.25, 0.3) is 10.3 Å². The number of nitrogens with zero attached hydrogens (tertiary/aromatic N) is 6. The maximum atomic E-state index is 13.7. The fraction of sp³-hybridized carbons (Fsp3) is 0.235. The van der Waals surface area contributed by atoms with E-state index in [1.807, 2.05) is 12.4 Å². The Bertz CT molecular complexity index is 1140. The van der Waals surface area contributed by atoms with Crippen molar-refractivity contribution in [3.8, 4) is 0 Å². The summed E-state index contributed by atoms with van der Waals surface area (Å²) < 4.78 is 16.2. The Hall–Kier alpha value is -2.92. The van der Waals surface area contributed by atoms with E-state index in [2.05, 4.69) is 25.3 Å². The predicted octanol–water partition coefficient (Wildman–Crippen LogP) is 2.82. The molecule has 0 aromatic carbocycles. The molecule has 1 N–H and O–H groups in total. The molecule has 0 spiro atoms. The maximum Gasteiger partial charge on any atom is 0.167 e. The second-order valence-electron chi connectivity index (χ2n) is 6.13. The van der Waals surface area contributed by atoms with Gasteiger partial charge in [-0.15, -0.1) is 22.7 Å². The average molecular weight is 417 g/mol. The van der Waals surface area contributed by atoms with Gasteiger partial charge in [-0.2, -0.15) is 10.2 Å². The van der Waals surface area contributed by atoms with Crippen molar-refractivity contribution in [2.24, 2.45) is 12.1 Å². The van der Waals surface area contributed by atoms with Crippen molar-refractivity contribution in [3.05, 3.63) is 50.6 Å². The van der Waals surface area contributed by atoms with Crippen LogP contribution in [-0.4, -0.2) is 49.3 Å². The number of halogens is 1. The largest absolute Gasteiger partial charge is 0.325 e. The molecule has 0 aliphatic heterocycles. The number of hydrazone groups is 1. The number of aromatic amines is 1. The first-order valence-corrected chi connectivity index (χ1v) is 10.1. The van der Waals surface area contributed by atoms with Crippen LogP contribution >= 0.6 is 22.7 Å². The molecule has 28 heavy (non-hydrogen) atoms. The van der Waals surface area contributed by atoms with Crippen molar-refractivity contribution in [3.63, 3.8) is 0 Å². The molecule has 0 bridgehead atoms. The van der Waals surface area contributed by atoms with Crippen molar-refractivity contribution in [1.29, 1.82) is 0 Å². The molecule has 4 aromatic rings. The van der Waals surface area contributed by atoms with E-state index in [0.717, 1.165) is 21.7 Å². The second kappa shape index (κ2) is 7.60. The number of hydrogen-bond acceptors (Lipinski definition) is 8. The number of fused-ring (bicyclic) bond motifs is 1. The minimum absolute atomic E-state index is 0.283. The van der Waals surface area contributed by atoms with Crippen molar-refractivity contribution in [2.45, 2.75) is 13.0 Å². The lowest BCUT2D eigenvalue weighted by Crippen LogP contribution is -2.11. The van der Waals surface area contributed by atoms with Gasteiger partial charge < -0.3 is 4.57 Å². The molecule has 4 aromatic heterocycles. The molecular formula is C17H16FN7OS2. The van der Waals surface area contributed by atoms with Gasteiger partial charge in [-0.05, 0) is 0 Å². The third kappa shape index (κ3) is 3.45. The van der Waals surface area contributed by atoms with Crippen molar-refractivity contribution in [2.75, 3.05) is 7.05 Å². The number of aldehydes is 1. The molecule has 0 aliphatic rings. The molecule has 0 unspecified atom stereocenters. The quantitative estimate of drug-likeness (QED) is 0.284. The molecule has 0 radical (unpaired) electrons. The Kier molecular flexibility index (Phi) is 5.01. The highest BCUT2D eigenvalue weighted by Gasteiger charge is 2.19. The lowest BCUT2D eigenvalue weighted by atomic mass is 10.3. The maximum absolute atomic E-state index is 13.7. The topological polar surface area (TPSA) is 92.1 Å². The Morgan fingerprint density at radius 3 is 3.00 bits per heavy atom. The average Bonchev–Trinajstić information content (AvgIpc) is 3.43. The molecule has 0 saturated carbocycles. The fourth-order valence-corrected chi connectivity index (χ4v) is 4.50. The van der Waals surface area contributed by atoms with Crippen LogP contribution in [0.4, 0.5) is 4.39 Å². The normalized spacial score (nSPS) is 11.7. The number of nitrogens with one attached hydrogen (secondary N) is 1.